The predicted octanol–water partition coefficient (Wildman–Crippen LogP) is 4.35. The molecular formula is C18H19FO. The molecule has 0 bridgehead atoms. The van der Waals surface area contributed by atoms with Crippen LogP contribution in [0.25, 0.3) is 0 Å². The molecule has 0 aliphatic heterocycles. The summed E-state index contributed by atoms with van der Waals surface area (Å²) in [5.74, 6) is 0.354. The lowest BCUT2D eigenvalue weighted by molar-refractivity contribution is 0.410. The van der Waals surface area contributed by atoms with E-state index in [0.717, 1.165) is 18.4 Å². The summed E-state index contributed by atoms with van der Waals surface area (Å²) in [6.07, 6.45) is 4.30. The molecule has 104 valence electrons. The maximum atomic E-state index is 13.8. The van der Waals surface area contributed by atoms with Gasteiger partial charge in [-0.25, -0.2) is 4.39 Å². The van der Waals surface area contributed by atoms with Gasteiger partial charge in [0.2, 0.25) is 0 Å². The number of methoxy groups -OCH3 is 1. The SMILES string of the molecule is C=CCc1ccc(CCc2ccc(OC)cc2F)cc1. The van der Waals surface area contributed by atoms with Crippen LogP contribution in [0.1, 0.15) is 16.7 Å². The third-order valence-corrected chi connectivity index (χ3v) is 3.35. The van der Waals surface area contributed by atoms with Gasteiger partial charge in [-0.2, -0.15) is 0 Å². The number of hydrogen-bond donors (Lipinski definition) is 0. The average Bonchev–Trinajstić information content (AvgIpc) is 2.48. The minimum Gasteiger partial charge on any atom is -0.497 e. The van der Waals surface area contributed by atoms with E-state index in [0.29, 0.717) is 12.2 Å². The number of aryl methyl sites for hydroxylation is 2. The van der Waals surface area contributed by atoms with E-state index in [1.165, 1.54) is 17.2 Å². The standard InChI is InChI=1S/C18H19FO/c1-3-4-14-5-7-15(8-6-14)9-10-16-11-12-17(20-2)13-18(16)19/h3,5-8,11-13H,1,4,9-10H2,2H3. The zero-order valence-electron chi connectivity index (χ0n) is 11.7. The molecule has 0 spiro atoms. The molecule has 0 radical (unpaired) electrons. The van der Waals surface area contributed by atoms with Crippen molar-refractivity contribution >= 4 is 0 Å². The molecule has 2 rings (SSSR count). The molecule has 0 N–H and O–H groups in total. The van der Waals surface area contributed by atoms with E-state index in [9.17, 15) is 4.39 Å². The Morgan fingerprint density at radius 3 is 2.35 bits per heavy atom. The number of hydrogen-bond acceptors (Lipinski definition) is 1. The van der Waals surface area contributed by atoms with Crippen molar-refractivity contribution in [3.63, 3.8) is 0 Å². The van der Waals surface area contributed by atoms with Gasteiger partial charge in [0.25, 0.3) is 0 Å². The minimum absolute atomic E-state index is 0.201. The molecule has 0 aromatic heterocycles. The van der Waals surface area contributed by atoms with E-state index >= 15 is 0 Å². The lowest BCUT2D eigenvalue weighted by Gasteiger charge is -2.06. The Morgan fingerprint density at radius 1 is 1.05 bits per heavy atom. The molecule has 0 amide bonds. The van der Waals surface area contributed by atoms with Crippen LogP contribution in [-0.4, -0.2) is 7.11 Å². The van der Waals surface area contributed by atoms with Crippen LogP contribution in [0.15, 0.2) is 55.1 Å². The van der Waals surface area contributed by atoms with Crippen molar-refractivity contribution in [2.75, 3.05) is 7.11 Å². The number of allylic oxidation sites excluding steroid dienone is 1. The number of ether oxygens (including phenoxy) is 1. The molecule has 2 aromatic carbocycles. The Kier molecular flexibility index (Phi) is 4.94. The van der Waals surface area contributed by atoms with Crippen molar-refractivity contribution in [3.8, 4) is 5.75 Å². The van der Waals surface area contributed by atoms with Crippen LogP contribution >= 0.6 is 0 Å². The normalized spacial score (nSPS) is 10.3. The smallest absolute Gasteiger partial charge is 0.130 e. The monoisotopic (exact) mass is 270 g/mol. The molecule has 0 aliphatic carbocycles. The third kappa shape index (κ3) is 3.70. The van der Waals surface area contributed by atoms with E-state index in [1.54, 1.807) is 19.2 Å². The van der Waals surface area contributed by atoms with Crippen LogP contribution in [0.2, 0.25) is 0 Å². The highest BCUT2D eigenvalue weighted by atomic mass is 19.1. The van der Waals surface area contributed by atoms with Gasteiger partial charge in [-0.3, -0.25) is 0 Å². The van der Waals surface area contributed by atoms with Crippen LogP contribution < -0.4 is 4.74 Å². The summed E-state index contributed by atoms with van der Waals surface area (Å²) in [6.45, 7) is 3.73. The molecule has 20 heavy (non-hydrogen) atoms. The zero-order valence-corrected chi connectivity index (χ0v) is 11.7. The van der Waals surface area contributed by atoms with Crippen LogP contribution in [-0.2, 0) is 19.3 Å². The second-order valence-corrected chi connectivity index (χ2v) is 4.77. The van der Waals surface area contributed by atoms with Crippen molar-refractivity contribution < 1.29 is 9.13 Å². The van der Waals surface area contributed by atoms with E-state index in [-0.39, 0.29) is 5.82 Å². The van der Waals surface area contributed by atoms with Gasteiger partial charge in [-0.05, 0) is 42.0 Å². The Balaban J connectivity index is 1.99. The van der Waals surface area contributed by atoms with E-state index in [1.807, 2.05) is 6.08 Å². The van der Waals surface area contributed by atoms with Crippen LogP contribution in [0.3, 0.4) is 0 Å². The molecule has 0 atom stereocenters. The molecule has 0 saturated carbocycles. The van der Waals surface area contributed by atoms with Gasteiger partial charge in [0.1, 0.15) is 11.6 Å². The van der Waals surface area contributed by atoms with Gasteiger partial charge in [0.15, 0.2) is 0 Å². The van der Waals surface area contributed by atoms with Crippen LogP contribution in [0.4, 0.5) is 4.39 Å². The van der Waals surface area contributed by atoms with E-state index < -0.39 is 0 Å². The molecule has 0 unspecified atom stereocenters. The zero-order chi connectivity index (χ0) is 14.4. The van der Waals surface area contributed by atoms with Gasteiger partial charge in [0.05, 0.1) is 7.11 Å². The second-order valence-electron chi connectivity index (χ2n) is 4.77. The summed E-state index contributed by atoms with van der Waals surface area (Å²) in [5.41, 5.74) is 3.19. The largest absolute Gasteiger partial charge is 0.497 e. The Bertz CT molecular complexity index is 572. The summed E-state index contributed by atoms with van der Waals surface area (Å²) in [5, 5.41) is 0. The van der Waals surface area contributed by atoms with Gasteiger partial charge >= 0.3 is 0 Å². The summed E-state index contributed by atoms with van der Waals surface area (Å²) in [6, 6.07) is 13.4. The first-order valence-corrected chi connectivity index (χ1v) is 6.74. The number of benzene rings is 2. The fourth-order valence-corrected chi connectivity index (χ4v) is 2.15. The number of rotatable bonds is 6. The minimum atomic E-state index is -0.201. The Hall–Kier alpha value is -2.09. The predicted molar refractivity (Wildman–Crippen MR) is 80.7 cm³/mol. The van der Waals surface area contributed by atoms with Crippen molar-refractivity contribution in [3.05, 3.63) is 77.6 Å². The lowest BCUT2D eigenvalue weighted by Crippen LogP contribution is -1.96. The molecule has 0 saturated heterocycles. The van der Waals surface area contributed by atoms with Gasteiger partial charge < -0.3 is 4.74 Å². The highest BCUT2D eigenvalue weighted by molar-refractivity contribution is 5.30. The first-order chi connectivity index (χ1) is 9.72. The second kappa shape index (κ2) is 6.90. The van der Waals surface area contributed by atoms with E-state index in [4.69, 9.17) is 4.74 Å². The third-order valence-electron chi connectivity index (χ3n) is 3.35. The van der Waals surface area contributed by atoms with Crippen molar-refractivity contribution in [1.82, 2.24) is 0 Å². The topological polar surface area (TPSA) is 9.23 Å². The van der Waals surface area contributed by atoms with Crippen molar-refractivity contribution in [2.45, 2.75) is 19.3 Å². The van der Waals surface area contributed by atoms with E-state index in [2.05, 4.69) is 30.8 Å². The molecule has 1 nitrogen and oxygen atoms in total. The van der Waals surface area contributed by atoms with Crippen LogP contribution in [0, 0.1) is 5.82 Å². The van der Waals surface area contributed by atoms with Gasteiger partial charge in [-0.15, -0.1) is 6.58 Å². The molecule has 0 aliphatic rings. The Labute approximate surface area is 119 Å². The quantitative estimate of drug-likeness (QED) is 0.709. The molecule has 2 aromatic rings. The lowest BCUT2D eigenvalue weighted by atomic mass is 10.0. The van der Waals surface area contributed by atoms with Gasteiger partial charge in [0, 0.05) is 6.07 Å². The summed E-state index contributed by atoms with van der Waals surface area (Å²) < 4.78 is 18.8. The molecule has 0 heterocycles. The highest BCUT2D eigenvalue weighted by Gasteiger charge is 2.04. The summed E-state index contributed by atoms with van der Waals surface area (Å²) in [7, 11) is 1.54. The fourth-order valence-electron chi connectivity index (χ4n) is 2.15. The first kappa shape index (κ1) is 14.3. The summed E-state index contributed by atoms with van der Waals surface area (Å²) in [4.78, 5) is 0. The molecular weight excluding hydrogens is 251 g/mol. The Morgan fingerprint density at radius 2 is 1.75 bits per heavy atom. The molecule has 2 heteroatoms. The molecule has 0 fully saturated rings. The first-order valence-electron chi connectivity index (χ1n) is 6.74. The highest BCUT2D eigenvalue weighted by Crippen LogP contribution is 2.18. The van der Waals surface area contributed by atoms with Crippen LogP contribution in [0.5, 0.6) is 5.75 Å². The fraction of sp³-hybridized carbons (Fsp3) is 0.222. The maximum absolute atomic E-state index is 13.8. The van der Waals surface area contributed by atoms with Crippen molar-refractivity contribution in [2.24, 2.45) is 0 Å². The van der Waals surface area contributed by atoms with Gasteiger partial charge in [-0.1, -0.05) is 36.4 Å². The number of halogens is 1. The summed E-state index contributed by atoms with van der Waals surface area (Å²) >= 11 is 0. The average molecular weight is 270 g/mol. The maximum Gasteiger partial charge on any atom is 0.130 e. The van der Waals surface area contributed by atoms with Crippen molar-refractivity contribution in [1.29, 1.82) is 0 Å².